The highest BCUT2D eigenvalue weighted by Gasteiger charge is 2.23. The van der Waals surface area contributed by atoms with Gasteiger partial charge < -0.3 is 11.1 Å². The van der Waals surface area contributed by atoms with Crippen molar-refractivity contribution in [3.63, 3.8) is 0 Å². The summed E-state index contributed by atoms with van der Waals surface area (Å²) in [6.45, 7) is 6.13. The molecule has 1 amide bonds. The monoisotopic (exact) mass is 262 g/mol. The van der Waals surface area contributed by atoms with Crippen LogP contribution in [0, 0.1) is 0 Å². The lowest BCUT2D eigenvalue weighted by Crippen LogP contribution is -2.50. The van der Waals surface area contributed by atoms with Gasteiger partial charge in [0, 0.05) is 5.54 Å². The number of hydrogen-bond donors (Lipinski definition) is 2. The lowest BCUT2D eigenvalue weighted by Gasteiger charge is -2.28. The van der Waals surface area contributed by atoms with Gasteiger partial charge in [-0.25, -0.2) is 0 Å². The molecule has 0 bridgehead atoms. The average molecular weight is 262 g/mol. The minimum Gasteiger partial charge on any atom is -0.350 e. The molecule has 0 saturated carbocycles. The molecule has 1 atom stereocenters. The maximum absolute atomic E-state index is 11.9. The van der Waals surface area contributed by atoms with Crippen molar-refractivity contribution in [2.75, 3.05) is 0 Å². The number of hydrogen-bond acceptors (Lipinski definition) is 2. The third-order valence-electron chi connectivity index (χ3n) is 3.28. The van der Waals surface area contributed by atoms with Gasteiger partial charge in [-0.15, -0.1) is 0 Å². The second-order valence-electron chi connectivity index (χ2n) is 5.75. The summed E-state index contributed by atoms with van der Waals surface area (Å²) >= 11 is 0. The van der Waals surface area contributed by atoms with E-state index >= 15 is 0 Å². The van der Waals surface area contributed by atoms with Crippen LogP contribution >= 0.6 is 0 Å². The standard InChI is InChI=1S/C16H26N2O/c1-4-8-14(17)15(19)18-16(2,3)12-11-13-9-6-5-7-10-13/h5-7,9-10,14H,4,8,11-12,17H2,1-3H3,(H,18,19). The lowest BCUT2D eigenvalue weighted by molar-refractivity contribution is -0.124. The van der Waals surface area contributed by atoms with E-state index in [2.05, 4.69) is 17.4 Å². The summed E-state index contributed by atoms with van der Waals surface area (Å²) in [5.74, 6) is -0.0417. The molecule has 3 nitrogen and oxygen atoms in total. The predicted molar refractivity (Wildman–Crippen MR) is 79.9 cm³/mol. The van der Waals surface area contributed by atoms with Crippen molar-refractivity contribution in [1.82, 2.24) is 5.32 Å². The first-order valence-corrected chi connectivity index (χ1v) is 7.06. The molecule has 3 heteroatoms. The van der Waals surface area contributed by atoms with Crippen LogP contribution in [-0.2, 0) is 11.2 Å². The summed E-state index contributed by atoms with van der Waals surface area (Å²) in [5, 5.41) is 3.05. The Kier molecular flexibility index (Phi) is 6.03. The van der Waals surface area contributed by atoms with Gasteiger partial charge in [-0.05, 0) is 38.7 Å². The average Bonchev–Trinajstić information content (AvgIpc) is 2.37. The number of aryl methyl sites for hydroxylation is 1. The fourth-order valence-electron chi connectivity index (χ4n) is 2.03. The topological polar surface area (TPSA) is 55.1 Å². The minimum absolute atomic E-state index is 0.0417. The Hall–Kier alpha value is -1.35. The second-order valence-corrected chi connectivity index (χ2v) is 5.75. The molecule has 1 aromatic carbocycles. The zero-order valence-corrected chi connectivity index (χ0v) is 12.3. The Labute approximate surface area is 116 Å². The molecule has 0 aliphatic rings. The highest BCUT2D eigenvalue weighted by molar-refractivity contribution is 5.82. The van der Waals surface area contributed by atoms with Crippen LogP contribution in [0.3, 0.4) is 0 Å². The Balaban J connectivity index is 2.45. The molecule has 0 aliphatic heterocycles. The van der Waals surface area contributed by atoms with Crippen LogP contribution in [0.25, 0.3) is 0 Å². The minimum atomic E-state index is -0.388. The molecule has 1 rings (SSSR count). The number of rotatable bonds is 7. The largest absolute Gasteiger partial charge is 0.350 e. The number of nitrogens with two attached hydrogens (primary N) is 1. The molecule has 19 heavy (non-hydrogen) atoms. The summed E-state index contributed by atoms with van der Waals surface area (Å²) in [6, 6.07) is 9.93. The second kappa shape index (κ2) is 7.29. The Bertz CT molecular complexity index is 387. The molecule has 1 aromatic rings. The number of nitrogens with one attached hydrogen (secondary N) is 1. The van der Waals surface area contributed by atoms with Gasteiger partial charge in [-0.3, -0.25) is 4.79 Å². The maximum Gasteiger partial charge on any atom is 0.237 e. The summed E-state index contributed by atoms with van der Waals surface area (Å²) in [5.41, 5.74) is 6.90. The highest BCUT2D eigenvalue weighted by atomic mass is 16.2. The van der Waals surface area contributed by atoms with E-state index < -0.39 is 0 Å². The highest BCUT2D eigenvalue weighted by Crippen LogP contribution is 2.14. The molecule has 0 aromatic heterocycles. The third kappa shape index (κ3) is 5.88. The molecule has 1 unspecified atom stereocenters. The van der Waals surface area contributed by atoms with E-state index in [1.807, 2.05) is 39.0 Å². The normalized spacial score (nSPS) is 13.1. The molecule has 0 aliphatic carbocycles. The van der Waals surface area contributed by atoms with Gasteiger partial charge in [0.1, 0.15) is 0 Å². The van der Waals surface area contributed by atoms with Crippen LogP contribution in [0.1, 0.15) is 45.6 Å². The molecule has 0 radical (unpaired) electrons. The van der Waals surface area contributed by atoms with Crippen molar-refractivity contribution in [2.45, 2.75) is 58.0 Å². The zero-order valence-electron chi connectivity index (χ0n) is 12.3. The number of carbonyl (C=O) groups is 1. The first-order valence-electron chi connectivity index (χ1n) is 7.06. The first-order chi connectivity index (χ1) is 8.94. The molecular formula is C16H26N2O. The van der Waals surface area contributed by atoms with Crippen molar-refractivity contribution in [3.05, 3.63) is 35.9 Å². The smallest absolute Gasteiger partial charge is 0.237 e. The van der Waals surface area contributed by atoms with Crippen LogP contribution in [0.15, 0.2) is 30.3 Å². The van der Waals surface area contributed by atoms with Gasteiger partial charge in [0.05, 0.1) is 6.04 Å². The Morgan fingerprint density at radius 2 is 1.95 bits per heavy atom. The number of carbonyl (C=O) groups excluding carboxylic acids is 1. The van der Waals surface area contributed by atoms with E-state index in [0.29, 0.717) is 0 Å². The lowest BCUT2D eigenvalue weighted by atomic mass is 9.94. The number of benzene rings is 1. The van der Waals surface area contributed by atoms with Crippen LogP contribution in [0.2, 0.25) is 0 Å². The molecule has 0 spiro atoms. The van der Waals surface area contributed by atoms with Crippen LogP contribution in [0.5, 0.6) is 0 Å². The van der Waals surface area contributed by atoms with E-state index in [-0.39, 0.29) is 17.5 Å². The molecule has 0 fully saturated rings. The molecule has 3 N–H and O–H groups in total. The van der Waals surface area contributed by atoms with Crippen molar-refractivity contribution in [2.24, 2.45) is 5.73 Å². The van der Waals surface area contributed by atoms with Gasteiger partial charge in [0.2, 0.25) is 5.91 Å². The summed E-state index contributed by atoms with van der Waals surface area (Å²) < 4.78 is 0. The van der Waals surface area contributed by atoms with Gasteiger partial charge in [-0.2, -0.15) is 0 Å². The van der Waals surface area contributed by atoms with Gasteiger partial charge >= 0.3 is 0 Å². The van der Waals surface area contributed by atoms with Crippen molar-refractivity contribution in [1.29, 1.82) is 0 Å². The predicted octanol–water partition coefficient (Wildman–Crippen LogP) is 2.64. The Morgan fingerprint density at radius 3 is 2.53 bits per heavy atom. The van der Waals surface area contributed by atoms with E-state index in [9.17, 15) is 4.79 Å². The maximum atomic E-state index is 11.9. The molecular weight excluding hydrogens is 236 g/mol. The number of amides is 1. The van der Waals surface area contributed by atoms with Crippen molar-refractivity contribution < 1.29 is 4.79 Å². The zero-order chi connectivity index (χ0) is 14.3. The Morgan fingerprint density at radius 1 is 1.32 bits per heavy atom. The van der Waals surface area contributed by atoms with E-state index in [4.69, 9.17) is 5.73 Å². The quantitative estimate of drug-likeness (QED) is 0.793. The van der Waals surface area contributed by atoms with Gasteiger partial charge in [-0.1, -0.05) is 43.7 Å². The molecule has 0 saturated heterocycles. The van der Waals surface area contributed by atoms with Gasteiger partial charge in [0.25, 0.3) is 0 Å². The first kappa shape index (κ1) is 15.7. The summed E-state index contributed by atoms with van der Waals surface area (Å²) in [6.07, 6.45) is 3.53. The molecule has 0 heterocycles. The van der Waals surface area contributed by atoms with Gasteiger partial charge in [0.15, 0.2) is 0 Å². The summed E-state index contributed by atoms with van der Waals surface area (Å²) in [4.78, 5) is 11.9. The molecule has 106 valence electrons. The third-order valence-corrected chi connectivity index (χ3v) is 3.28. The van der Waals surface area contributed by atoms with E-state index in [1.165, 1.54) is 5.56 Å². The van der Waals surface area contributed by atoms with Crippen molar-refractivity contribution >= 4 is 5.91 Å². The van der Waals surface area contributed by atoms with E-state index in [0.717, 1.165) is 25.7 Å². The fraction of sp³-hybridized carbons (Fsp3) is 0.562. The van der Waals surface area contributed by atoms with Crippen LogP contribution in [-0.4, -0.2) is 17.5 Å². The fourth-order valence-corrected chi connectivity index (χ4v) is 2.03. The van der Waals surface area contributed by atoms with Crippen molar-refractivity contribution in [3.8, 4) is 0 Å². The SMILES string of the molecule is CCCC(N)C(=O)NC(C)(C)CCc1ccccc1. The van der Waals surface area contributed by atoms with Crippen LogP contribution in [0.4, 0.5) is 0 Å². The summed E-state index contributed by atoms with van der Waals surface area (Å²) in [7, 11) is 0. The van der Waals surface area contributed by atoms with E-state index in [1.54, 1.807) is 0 Å². The van der Waals surface area contributed by atoms with Crippen LogP contribution < -0.4 is 11.1 Å².